The molecule has 1 aromatic carbocycles. The Labute approximate surface area is 166 Å². The van der Waals surface area contributed by atoms with Gasteiger partial charge in [-0.1, -0.05) is 37.5 Å². The number of ether oxygens (including phenoxy) is 1. The molecule has 4 rings (SSSR count). The molecular formula is C23H30FNO3. The maximum absolute atomic E-state index is 14.4. The molecule has 3 fully saturated rings. The molecule has 152 valence electrons. The lowest BCUT2D eigenvalue weighted by Crippen LogP contribution is -2.43. The summed E-state index contributed by atoms with van der Waals surface area (Å²) in [6.45, 7) is 1.77. The van der Waals surface area contributed by atoms with E-state index in [2.05, 4.69) is 12.2 Å². The Kier molecular flexibility index (Phi) is 5.44. The van der Waals surface area contributed by atoms with Gasteiger partial charge in [0.2, 0.25) is 0 Å². The second-order valence-electron chi connectivity index (χ2n) is 9.04. The van der Waals surface area contributed by atoms with Gasteiger partial charge in [-0.05, 0) is 62.8 Å². The average molecular weight is 387 g/mol. The fraction of sp³-hybridized carbons (Fsp3) is 0.652. The van der Waals surface area contributed by atoms with Gasteiger partial charge in [-0.3, -0.25) is 9.59 Å². The van der Waals surface area contributed by atoms with Crippen molar-refractivity contribution < 1.29 is 18.7 Å². The molecule has 0 spiro atoms. The Morgan fingerprint density at radius 1 is 1.21 bits per heavy atom. The van der Waals surface area contributed by atoms with E-state index in [0.717, 1.165) is 24.7 Å². The monoisotopic (exact) mass is 387 g/mol. The summed E-state index contributed by atoms with van der Waals surface area (Å²) in [5.74, 6) is 0.984. The Bertz CT molecular complexity index is 743. The molecule has 0 radical (unpaired) electrons. The van der Waals surface area contributed by atoms with E-state index >= 15 is 0 Å². The standard InChI is InChI=1S/C23H30FNO3/c1-15(18-13-16-8-9-17(18)12-16)25-21(26)14-28-22(27)23(10-4-5-11-23)19-6-2-3-7-20(19)24/h2-3,6-7,15-18H,4-5,8-14H2,1H3,(H,25,26)/t15-,16+,17+,18+/m1/s1. The van der Waals surface area contributed by atoms with Gasteiger partial charge in [0.15, 0.2) is 6.61 Å². The van der Waals surface area contributed by atoms with E-state index in [1.54, 1.807) is 18.2 Å². The Balaban J connectivity index is 1.35. The number of esters is 1. The molecule has 0 unspecified atom stereocenters. The highest BCUT2D eigenvalue weighted by molar-refractivity contribution is 5.86. The minimum Gasteiger partial charge on any atom is -0.455 e. The van der Waals surface area contributed by atoms with E-state index in [0.29, 0.717) is 24.3 Å². The Morgan fingerprint density at radius 3 is 2.61 bits per heavy atom. The molecule has 1 amide bonds. The van der Waals surface area contributed by atoms with Crippen LogP contribution in [0.25, 0.3) is 0 Å². The zero-order chi connectivity index (χ0) is 19.7. The van der Waals surface area contributed by atoms with Crippen LogP contribution in [0.15, 0.2) is 24.3 Å². The number of fused-ring (bicyclic) bond motifs is 2. The lowest BCUT2D eigenvalue weighted by atomic mass is 9.78. The summed E-state index contributed by atoms with van der Waals surface area (Å²) < 4.78 is 19.8. The maximum atomic E-state index is 14.4. The van der Waals surface area contributed by atoms with Gasteiger partial charge in [0.05, 0.1) is 5.41 Å². The first kappa shape index (κ1) is 19.4. The first-order chi connectivity index (χ1) is 13.5. The molecule has 4 nitrogen and oxygen atoms in total. The first-order valence-electron chi connectivity index (χ1n) is 10.7. The van der Waals surface area contributed by atoms with Gasteiger partial charge in [-0.15, -0.1) is 0 Å². The van der Waals surface area contributed by atoms with Crippen LogP contribution >= 0.6 is 0 Å². The molecule has 1 N–H and O–H groups in total. The summed E-state index contributed by atoms with van der Waals surface area (Å²) in [6.07, 6.45) is 7.94. The number of amides is 1. The van der Waals surface area contributed by atoms with Crippen molar-refractivity contribution in [1.29, 1.82) is 0 Å². The van der Waals surface area contributed by atoms with Crippen LogP contribution in [0.4, 0.5) is 4.39 Å². The van der Waals surface area contributed by atoms with Crippen LogP contribution in [-0.4, -0.2) is 24.5 Å². The lowest BCUT2D eigenvalue weighted by Gasteiger charge is -2.29. The van der Waals surface area contributed by atoms with Gasteiger partial charge >= 0.3 is 5.97 Å². The molecule has 3 aliphatic carbocycles. The molecule has 3 saturated carbocycles. The van der Waals surface area contributed by atoms with Crippen LogP contribution in [0, 0.1) is 23.6 Å². The van der Waals surface area contributed by atoms with E-state index in [1.165, 1.54) is 31.7 Å². The smallest absolute Gasteiger partial charge is 0.317 e. The number of hydrogen-bond donors (Lipinski definition) is 1. The van der Waals surface area contributed by atoms with Gasteiger partial charge in [0.25, 0.3) is 5.91 Å². The van der Waals surface area contributed by atoms with Crippen LogP contribution in [0.5, 0.6) is 0 Å². The SMILES string of the molecule is C[C@@H](NC(=O)COC(=O)C1(c2ccccc2F)CCCC1)[C@@H]1C[C@H]2CC[C@H]1C2. The number of nitrogens with one attached hydrogen (secondary N) is 1. The van der Waals surface area contributed by atoms with Crippen molar-refractivity contribution in [2.45, 2.75) is 69.7 Å². The van der Waals surface area contributed by atoms with Gasteiger partial charge in [-0.25, -0.2) is 4.39 Å². The third kappa shape index (κ3) is 3.56. The molecule has 0 aromatic heterocycles. The number of halogens is 1. The molecule has 5 heteroatoms. The summed E-state index contributed by atoms with van der Waals surface area (Å²) in [7, 11) is 0. The molecule has 0 aliphatic heterocycles. The molecule has 4 atom stereocenters. The third-order valence-electron chi connectivity index (χ3n) is 7.40. The van der Waals surface area contributed by atoms with Crippen LogP contribution in [-0.2, 0) is 19.7 Å². The van der Waals surface area contributed by atoms with Crippen molar-refractivity contribution in [2.24, 2.45) is 17.8 Å². The van der Waals surface area contributed by atoms with Crippen LogP contribution in [0.3, 0.4) is 0 Å². The van der Waals surface area contributed by atoms with Crippen LogP contribution < -0.4 is 5.32 Å². The van der Waals surface area contributed by atoms with Gasteiger partial charge < -0.3 is 10.1 Å². The minimum absolute atomic E-state index is 0.105. The predicted molar refractivity (Wildman–Crippen MR) is 104 cm³/mol. The van der Waals surface area contributed by atoms with Crippen molar-refractivity contribution in [3.05, 3.63) is 35.6 Å². The molecule has 1 aromatic rings. The highest BCUT2D eigenvalue weighted by Crippen LogP contribution is 2.49. The zero-order valence-electron chi connectivity index (χ0n) is 16.6. The predicted octanol–water partition coefficient (Wildman–Crippen LogP) is 4.12. The second kappa shape index (κ2) is 7.84. The fourth-order valence-corrected chi connectivity index (χ4v) is 5.99. The normalized spacial score (nSPS) is 28.9. The van der Waals surface area contributed by atoms with Crippen molar-refractivity contribution in [2.75, 3.05) is 6.61 Å². The van der Waals surface area contributed by atoms with Crippen molar-refractivity contribution in [3.63, 3.8) is 0 Å². The van der Waals surface area contributed by atoms with Gasteiger partial charge in [0.1, 0.15) is 5.82 Å². The molecular weight excluding hydrogens is 357 g/mol. The summed E-state index contributed by atoms with van der Waals surface area (Å²) in [4.78, 5) is 25.3. The summed E-state index contributed by atoms with van der Waals surface area (Å²) >= 11 is 0. The van der Waals surface area contributed by atoms with Crippen LogP contribution in [0.1, 0.15) is 63.9 Å². The summed E-state index contributed by atoms with van der Waals surface area (Å²) in [5.41, 5.74) is -0.560. The number of carbonyl (C=O) groups excluding carboxylic acids is 2. The molecule has 3 aliphatic rings. The zero-order valence-corrected chi connectivity index (χ0v) is 16.6. The lowest BCUT2D eigenvalue weighted by molar-refractivity contribution is -0.154. The highest BCUT2D eigenvalue weighted by Gasteiger charge is 2.46. The maximum Gasteiger partial charge on any atom is 0.317 e. The first-order valence-corrected chi connectivity index (χ1v) is 10.7. The number of rotatable bonds is 6. The Hall–Kier alpha value is -1.91. The molecule has 0 saturated heterocycles. The van der Waals surface area contributed by atoms with E-state index in [4.69, 9.17) is 4.74 Å². The van der Waals surface area contributed by atoms with Crippen molar-refractivity contribution >= 4 is 11.9 Å². The van der Waals surface area contributed by atoms with E-state index < -0.39 is 11.4 Å². The Morgan fingerprint density at radius 2 is 1.96 bits per heavy atom. The quantitative estimate of drug-likeness (QED) is 0.747. The number of benzene rings is 1. The third-order valence-corrected chi connectivity index (χ3v) is 7.40. The van der Waals surface area contributed by atoms with Crippen molar-refractivity contribution in [1.82, 2.24) is 5.32 Å². The highest BCUT2D eigenvalue weighted by atomic mass is 19.1. The van der Waals surface area contributed by atoms with Gasteiger partial charge in [-0.2, -0.15) is 0 Å². The number of carbonyl (C=O) groups is 2. The van der Waals surface area contributed by atoms with E-state index in [9.17, 15) is 14.0 Å². The largest absolute Gasteiger partial charge is 0.455 e. The number of hydrogen-bond acceptors (Lipinski definition) is 3. The van der Waals surface area contributed by atoms with Crippen LogP contribution in [0.2, 0.25) is 0 Å². The summed E-state index contributed by atoms with van der Waals surface area (Å²) in [5, 5.41) is 3.03. The minimum atomic E-state index is -0.957. The second-order valence-corrected chi connectivity index (χ2v) is 9.04. The molecule has 2 bridgehead atoms. The van der Waals surface area contributed by atoms with Gasteiger partial charge in [0, 0.05) is 11.6 Å². The van der Waals surface area contributed by atoms with Crippen molar-refractivity contribution in [3.8, 4) is 0 Å². The van der Waals surface area contributed by atoms with E-state index in [1.807, 2.05) is 0 Å². The average Bonchev–Trinajstić information content (AvgIpc) is 3.43. The molecule has 28 heavy (non-hydrogen) atoms. The summed E-state index contributed by atoms with van der Waals surface area (Å²) in [6, 6.07) is 6.52. The van der Waals surface area contributed by atoms with E-state index in [-0.39, 0.29) is 24.4 Å². The molecule has 0 heterocycles. The fourth-order valence-electron chi connectivity index (χ4n) is 5.99. The topological polar surface area (TPSA) is 55.4 Å².